The van der Waals surface area contributed by atoms with Crippen molar-refractivity contribution in [3.63, 3.8) is 0 Å². The van der Waals surface area contributed by atoms with Crippen molar-refractivity contribution in [2.24, 2.45) is 0 Å². The van der Waals surface area contributed by atoms with Crippen molar-refractivity contribution < 1.29 is 14.3 Å². The fourth-order valence-electron chi connectivity index (χ4n) is 3.71. The molecule has 0 saturated carbocycles. The van der Waals surface area contributed by atoms with Gasteiger partial charge in [-0.1, -0.05) is 12.1 Å². The van der Waals surface area contributed by atoms with Crippen LogP contribution in [0.3, 0.4) is 0 Å². The molecule has 2 amide bonds. The highest BCUT2D eigenvalue weighted by Crippen LogP contribution is 2.31. The first-order valence-electron chi connectivity index (χ1n) is 10.9. The molecule has 3 rings (SSSR count). The highest BCUT2D eigenvalue weighted by Gasteiger charge is 2.38. The van der Waals surface area contributed by atoms with Crippen LogP contribution in [0, 0.1) is 0 Å². The molecule has 0 atom stereocenters. The number of nitrogens with one attached hydrogen (secondary N) is 1. The zero-order valence-electron chi connectivity index (χ0n) is 18.9. The maximum absolute atomic E-state index is 13.0. The van der Waals surface area contributed by atoms with Gasteiger partial charge in [0.05, 0.1) is 11.7 Å². The number of carbonyl (C=O) groups excluding carboxylic acids is 2. The SMILES string of the molecule is CCN1C(=O)C(Nc2ccc(N(CC)CC)cc2)=C(c2ccc(OC(C)C)cc2)C1=O. The molecule has 6 heteroatoms. The van der Waals surface area contributed by atoms with Crippen molar-refractivity contribution >= 4 is 28.8 Å². The molecule has 6 nitrogen and oxygen atoms in total. The monoisotopic (exact) mass is 421 g/mol. The van der Waals surface area contributed by atoms with Crippen LogP contribution in [0.25, 0.3) is 5.57 Å². The standard InChI is InChI=1S/C25H31N3O3/c1-6-27(7-2)20-13-11-19(12-14-20)26-23-22(24(29)28(8-3)25(23)30)18-9-15-21(16-10-18)31-17(4)5/h9-17,26H,6-8H2,1-5H3. The minimum atomic E-state index is -0.308. The van der Waals surface area contributed by atoms with Gasteiger partial charge in [-0.05, 0) is 76.6 Å². The molecule has 0 bridgehead atoms. The summed E-state index contributed by atoms with van der Waals surface area (Å²) in [6.45, 7) is 12.1. The predicted molar refractivity (Wildman–Crippen MR) is 125 cm³/mol. The zero-order valence-corrected chi connectivity index (χ0v) is 18.9. The molecule has 0 spiro atoms. The maximum Gasteiger partial charge on any atom is 0.278 e. The molecule has 0 aromatic heterocycles. The van der Waals surface area contributed by atoms with Crippen LogP contribution in [0.2, 0.25) is 0 Å². The van der Waals surface area contributed by atoms with Gasteiger partial charge in [-0.15, -0.1) is 0 Å². The number of imide groups is 1. The van der Waals surface area contributed by atoms with Gasteiger partial charge in [-0.25, -0.2) is 0 Å². The minimum absolute atomic E-state index is 0.0619. The van der Waals surface area contributed by atoms with Crippen LogP contribution in [-0.2, 0) is 9.59 Å². The van der Waals surface area contributed by atoms with E-state index in [0.717, 1.165) is 30.2 Å². The molecule has 0 fully saturated rings. The molecule has 2 aromatic carbocycles. The van der Waals surface area contributed by atoms with Gasteiger partial charge >= 0.3 is 0 Å². The van der Waals surface area contributed by atoms with E-state index in [1.807, 2.05) is 62.4 Å². The molecular weight excluding hydrogens is 390 g/mol. The van der Waals surface area contributed by atoms with Gasteiger partial charge in [0.1, 0.15) is 11.4 Å². The molecule has 0 radical (unpaired) electrons. The van der Waals surface area contributed by atoms with E-state index in [0.29, 0.717) is 23.4 Å². The topological polar surface area (TPSA) is 61.9 Å². The van der Waals surface area contributed by atoms with Gasteiger partial charge in [-0.2, -0.15) is 0 Å². The summed E-state index contributed by atoms with van der Waals surface area (Å²) in [5, 5.41) is 3.20. The van der Waals surface area contributed by atoms with Crippen LogP contribution in [0.4, 0.5) is 11.4 Å². The molecule has 1 N–H and O–H groups in total. The molecule has 2 aromatic rings. The molecule has 1 aliphatic rings. The van der Waals surface area contributed by atoms with Crippen molar-refractivity contribution in [3.05, 3.63) is 59.8 Å². The van der Waals surface area contributed by atoms with Crippen molar-refractivity contribution in [1.82, 2.24) is 4.90 Å². The maximum atomic E-state index is 13.0. The number of carbonyl (C=O) groups is 2. The van der Waals surface area contributed by atoms with Crippen LogP contribution in [0.5, 0.6) is 5.75 Å². The number of hydrogen-bond acceptors (Lipinski definition) is 5. The van der Waals surface area contributed by atoms with E-state index >= 15 is 0 Å². The second-order valence-corrected chi connectivity index (χ2v) is 7.64. The Hall–Kier alpha value is -3.28. The average molecular weight is 422 g/mol. The van der Waals surface area contributed by atoms with Gasteiger partial charge in [0, 0.05) is 31.0 Å². The molecule has 0 aliphatic carbocycles. The Kier molecular flexibility index (Phi) is 7.00. The predicted octanol–water partition coefficient (Wildman–Crippen LogP) is 4.53. The van der Waals surface area contributed by atoms with Crippen molar-refractivity contribution in [2.75, 3.05) is 29.9 Å². The van der Waals surface area contributed by atoms with Crippen LogP contribution in [0.1, 0.15) is 40.2 Å². The largest absolute Gasteiger partial charge is 0.491 e. The van der Waals surface area contributed by atoms with Gasteiger partial charge in [0.15, 0.2) is 0 Å². The number of benzene rings is 2. The summed E-state index contributed by atoms with van der Waals surface area (Å²) < 4.78 is 5.70. The van der Waals surface area contributed by atoms with E-state index in [4.69, 9.17) is 4.74 Å². The smallest absolute Gasteiger partial charge is 0.278 e. The molecular formula is C25H31N3O3. The van der Waals surface area contributed by atoms with Gasteiger partial charge in [-0.3, -0.25) is 14.5 Å². The molecule has 1 aliphatic heterocycles. The number of amides is 2. The average Bonchev–Trinajstić information content (AvgIpc) is 2.99. The summed E-state index contributed by atoms with van der Waals surface area (Å²) in [7, 11) is 0. The number of nitrogens with zero attached hydrogens (tertiary/aromatic N) is 2. The van der Waals surface area contributed by atoms with Gasteiger partial charge in [0.2, 0.25) is 0 Å². The molecule has 1 heterocycles. The van der Waals surface area contributed by atoms with E-state index in [1.165, 1.54) is 4.90 Å². The number of likely N-dealkylation sites (N-methyl/N-ethyl adjacent to an activating group) is 1. The molecule has 0 saturated heterocycles. The van der Waals surface area contributed by atoms with Gasteiger partial charge < -0.3 is 15.0 Å². The normalized spacial score (nSPS) is 13.9. The molecule has 31 heavy (non-hydrogen) atoms. The Morgan fingerprint density at radius 3 is 2.03 bits per heavy atom. The summed E-state index contributed by atoms with van der Waals surface area (Å²) in [6.07, 6.45) is 0.0619. The highest BCUT2D eigenvalue weighted by atomic mass is 16.5. The Balaban J connectivity index is 1.94. The summed E-state index contributed by atoms with van der Waals surface area (Å²) >= 11 is 0. The second-order valence-electron chi connectivity index (χ2n) is 7.64. The van der Waals surface area contributed by atoms with Crippen LogP contribution < -0.4 is 15.0 Å². The first-order chi connectivity index (χ1) is 14.9. The van der Waals surface area contributed by atoms with E-state index < -0.39 is 0 Å². The summed E-state index contributed by atoms with van der Waals surface area (Å²) in [4.78, 5) is 29.5. The minimum Gasteiger partial charge on any atom is -0.491 e. The molecule has 0 unspecified atom stereocenters. The van der Waals surface area contributed by atoms with Crippen molar-refractivity contribution in [1.29, 1.82) is 0 Å². The third-order valence-electron chi connectivity index (χ3n) is 5.26. The quantitative estimate of drug-likeness (QED) is 0.603. The second kappa shape index (κ2) is 9.69. The first kappa shape index (κ1) is 22.4. The summed E-state index contributed by atoms with van der Waals surface area (Å²) in [5.74, 6) is 0.134. The third-order valence-corrected chi connectivity index (χ3v) is 5.26. The number of rotatable bonds is 9. The van der Waals surface area contributed by atoms with Crippen LogP contribution >= 0.6 is 0 Å². The number of hydrogen-bond donors (Lipinski definition) is 1. The third kappa shape index (κ3) is 4.74. The van der Waals surface area contributed by atoms with Gasteiger partial charge in [0.25, 0.3) is 11.8 Å². The van der Waals surface area contributed by atoms with E-state index in [-0.39, 0.29) is 17.9 Å². The summed E-state index contributed by atoms with van der Waals surface area (Å²) in [5.41, 5.74) is 3.26. The number of ether oxygens (including phenoxy) is 1. The fourth-order valence-corrected chi connectivity index (χ4v) is 3.71. The summed E-state index contributed by atoms with van der Waals surface area (Å²) in [6, 6.07) is 15.2. The van der Waals surface area contributed by atoms with E-state index in [1.54, 1.807) is 6.92 Å². The van der Waals surface area contributed by atoms with Crippen molar-refractivity contribution in [2.45, 2.75) is 40.7 Å². The molecule has 164 valence electrons. The van der Waals surface area contributed by atoms with Crippen LogP contribution in [-0.4, -0.2) is 42.5 Å². The lowest BCUT2D eigenvalue weighted by Gasteiger charge is -2.21. The Bertz CT molecular complexity index is 959. The lowest BCUT2D eigenvalue weighted by molar-refractivity contribution is -0.136. The Morgan fingerprint density at radius 1 is 0.903 bits per heavy atom. The van der Waals surface area contributed by atoms with E-state index in [9.17, 15) is 9.59 Å². The van der Waals surface area contributed by atoms with E-state index in [2.05, 4.69) is 24.1 Å². The van der Waals surface area contributed by atoms with Crippen LogP contribution in [0.15, 0.2) is 54.2 Å². The number of anilines is 2. The lowest BCUT2D eigenvalue weighted by atomic mass is 10.0. The Labute approximate surface area is 184 Å². The zero-order chi connectivity index (χ0) is 22.5. The fraction of sp³-hybridized carbons (Fsp3) is 0.360. The lowest BCUT2D eigenvalue weighted by Crippen LogP contribution is -2.32. The van der Waals surface area contributed by atoms with Crippen molar-refractivity contribution in [3.8, 4) is 5.75 Å². The first-order valence-corrected chi connectivity index (χ1v) is 10.9. The highest BCUT2D eigenvalue weighted by molar-refractivity contribution is 6.36. The Morgan fingerprint density at radius 2 is 1.52 bits per heavy atom.